The molecule has 0 unspecified atom stereocenters. The van der Waals surface area contributed by atoms with E-state index >= 15 is 0 Å². The molecule has 1 atom stereocenters. The first-order chi connectivity index (χ1) is 12.8. The van der Waals surface area contributed by atoms with Gasteiger partial charge in [-0.25, -0.2) is 0 Å². The van der Waals surface area contributed by atoms with Crippen molar-refractivity contribution in [2.24, 2.45) is 5.92 Å². The van der Waals surface area contributed by atoms with Gasteiger partial charge in [0.2, 0.25) is 11.8 Å². The third kappa shape index (κ3) is 3.96. The number of hydrogen-bond donors (Lipinski definition) is 1. The van der Waals surface area contributed by atoms with Crippen molar-refractivity contribution in [1.29, 1.82) is 0 Å². The van der Waals surface area contributed by atoms with Gasteiger partial charge in [0, 0.05) is 28.1 Å². The molecular formula is C20H20BrClN2O3. The van der Waals surface area contributed by atoms with Gasteiger partial charge < -0.3 is 15.0 Å². The normalized spacial score (nSPS) is 16.6. The number of anilines is 2. The van der Waals surface area contributed by atoms with Gasteiger partial charge >= 0.3 is 0 Å². The van der Waals surface area contributed by atoms with Gasteiger partial charge in [-0.2, -0.15) is 0 Å². The van der Waals surface area contributed by atoms with Gasteiger partial charge in [-0.15, -0.1) is 0 Å². The molecule has 0 bridgehead atoms. The van der Waals surface area contributed by atoms with Crippen LogP contribution in [-0.2, 0) is 9.59 Å². The molecule has 27 heavy (non-hydrogen) atoms. The monoisotopic (exact) mass is 450 g/mol. The first-order valence-corrected chi connectivity index (χ1v) is 9.69. The van der Waals surface area contributed by atoms with Gasteiger partial charge in [0.15, 0.2) is 0 Å². The Labute approximate surface area is 171 Å². The highest BCUT2D eigenvalue weighted by atomic mass is 79.9. The van der Waals surface area contributed by atoms with Crippen LogP contribution in [0.15, 0.2) is 34.8 Å². The second kappa shape index (κ2) is 7.90. The highest BCUT2D eigenvalue weighted by Gasteiger charge is 2.36. The Balaban J connectivity index is 1.79. The molecule has 0 aromatic heterocycles. The van der Waals surface area contributed by atoms with Crippen LogP contribution >= 0.6 is 27.5 Å². The van der Waals surface area contributed by atoms with E-state index in [1.807, 2.05) is 26.0 Å². The number of halogens is 2. The summed E-state index contributed by atoms with van der Waals surface area (Å²) in [7, 11) is 1.54. The second-order valence-corrected chi connectivity index (χ2v) is 7.85. The molecule has 2 aromatic carbocycles. The van der Waals surface area contributed by atoms with Crippen LogP contribution in [0.3, 0.4) is 0 Å². The van der Waals surface area contributed by atoms with E-state index in [0.29, 0.717) is 16.5 Å². The minimum absolute atomic E-state index is 0.126. The van der Waals surface area contributed by atoms with Crippen molar-refractivity contribution >= 4 is 50.7 Å². The van der Waals surface area contributed by atoms with Gasteiger partial charge in [0.05, 0.1) is 18.7 Å². The fraction of sp³-hybridized carbons (Fsp3) is 0.300. The second-order valence-electron chi connectivity index (χ2n) is 6.56. The number of carbonyl (C=O) groups is 2. The first kappa shape index (κ1) is 19.7. The quantitative estimate of drug-likeness (QED) is 0.732. The Morgan fingerprint density at radius 1 is 1.26 bits per heavy atom. The van der Waals surface area contributed by atoms with Crippen LogP contribution in [0.25, 0.3) is 0 Å². The third-order valence-electron chi connectivity index (χ3n) is 4.91. The topological polar surface area (TPSA) is 58.6 Å². The lowest BCUT2D eigenvalue weighted by molar-refractivity contribution is -0.122. The fourth-order valence-corrected chi connectivity index (χ4v) is 3.74. The van der Waals surface area contributed by atoms with E-state index in [2.05, 4.69) is 21.2 Å². The maximum Gasteiger partial charge on any atom is 0.229 e. The molecule has 1 N–H and O–H groups in total. The molecule has 0 saturated carbocycles. The van der Waals surface area contributed by atoms with Gasteiger partial charge in [-0.05, 0) is 55.3 Å². The maximum absolute atomic E-state index is 12.7. The molecule has 2 amide bonds. The van der Waals surface area contributed by atoms with Crippen LogP contribution in [0.2, 0.25) is 5.02 Å². The number of rotatable bonds is 4. The average molecular weight is 452 g/mol. The standard InChI is InChI=1S/C20H20BrClN2O3/c1-11-12(2)16(6-5-15(11)21)23-20(26)13-8-19(25)24(10-13)17-9-14(22)4-7-18(17)27-3/h4-7,9,13H,8,10H2,1-3H3,(H,23,26)/t13-/m1/s1. The number of methoxy groups -OCH3 is 1. The zero-order chi connectivity index (χ0) is 19.7. The molecule has 1 saturated heterocycles. The van der Waals surface area contributed by atoms with Crippen LogP contribution < -0.4 is 15.0 Å². The van der Waals surface area contributed by atoms with E-state index in [1.54, 1.807) is 23.1 Å². The summed E-state index contributed by atoms with van der Waals surface area (Å²) in [5.41, 5.74) is 3.41. The Hall–Kier alpha value is -2.05. The molecule has 3 rings (SSSR count). The lowest BCUT2D eigenvalue weighted by Gasteiger charge is -2.20. The minimum atomic E-state index is -0.440. The fourth-order valence-electron chi connectivity index (χ4n) is 3.15. The number of amides is 2. The van der Waals surface area contributed by atoms with E-state index < -0.39 is 5.92 Å². The number of nitrogens with one attached hydrogen (secondary N) is 1. The van der Waals surface area contributed by atoms with Gasteiger partial charge in [0.25, 0.3) is 0 Å². The van der Waals surface area contributed by atoms with E-state index in [-0.39, 0.29) is 24.8 Å². The maximum atomic E-state index is 12.7. The van der Waals surface area contributed by atoms with Gasteiger partial charge in [-0.3, -0.25) is 9.59 Å². The molecule has 0 aliphatic carbocycles. The SMILES string of the molecule is COc1ccc(Cl)cc1N1C[C@H](C(=O)Nc2ccc(Br)c(C)c2C)CC1=O. The van der Waals surface area contributed by atoms with Crippen molar-refractivity contribution in [2.75, 3.05) is 23.9 Å². The lowest BCUT2D eigenvalue weighted by atomic mass is 10.1. The summed E-state index contributed by atoms with van der Waals surface area (Å²) in [4.78, 5) is 26.8. The molecule has 142 valence electrons. The summed E-state index contributed by atoms with van der Waals surface area (Å²) in [5, 5.41) is 3.46. The van der Waals surface area contributed by atoms with Gasteiger partial charge in [0.1, 0.15) is 5.75 Å². The molecule has 0 spiro atoms. The molecule has 5 nitrogen and oxygen atoms in total. The Morgan fingerprint density at radius 3 is 2.70 bits per heavy atom. The van der Waals surface area contributed by atoms with E-state index in [4.69, 9.17) is 16.3 Å². The molecular weight excluding hydrogens is 432 g/mol. The zero-order valence-electron chi connectivity index (χ0n) is 15.3. The predicted molar refractivity (Wildman–Crippen MR) is 111 cm³/mol. The molecule has 1 aliphatic rings. The number of ether oxygens (including phenoxy) is 1. The van der Waals surface area contributed by atoms with Crippen molar-refractivity contribution < 1.29 is 14.3 Å². The number of nitrogens with zero attached hydrogens (tertiary/aromatic N) is 1. The molecule has 7 heteroatoms. The molecule has 1 aliphatic heterocycles. The minimum Gasteiger partial charge on any atom is -0.495 e. The van der Waals surface area contributed by atoms with E-state index in [1.165, 1.54) is 7.11 Å². The van der Waals surface area contributed by atoms with Crippen molar-refractivity contribution in [1.82, 2.24) is 0 Å². The van der Waals surface area contributed by atoms with Crippen LogP contribution in [0, 0.1) is 19.8 Å². The molecule has 1 heterocycles. The highest BCUT2D eigenvalue weighted by molar-refractivity contribution is 9.10. The summed E-state index contributed by atoms with van der Waals surface area (Å²) in [6, 6.07) is 8.86. The number of hydrogen-bond acceptors (Lipinski definition) is 3. The van der Waals surface area contributed by atoms with E-state index in [9.17, 15) is 9.59 Å². The summed E-state index contributed by atoms with van der Waals surface area (Å²) in [5.74, 6) is -0.186. The highest BCUT2D eigenvalue weighted by Crippen LogP contribution is 2.35. The van der Waals surface area contributed by atoms with Crippen molar-refractivity contribution in [2.45, 2.75) is 20.3 Å². The van der Waals surface area contributed by atoms with Crippen molar-refractivity contribution in [3.8, 4) is 5.75 Å². The van der Waals surface area contributed by atoms with Crippen LogP contribution in [-0.4, -0.2) is 25.5 Å². The Kier molecular flexibility index (Phi) is 5.77. The van der Waals surface area contributed by atoms with Crippen LogP contribution in [0.5, 0.6) is 5.75 Å². The summed E-state index contributed by atoms with van der Waals surface area (Å²) in [6.45, 7) is 4.23. The molecule has 0 radical (unpaired) electrons. The van der Waals surface area contributed by atoms with Crippen molar-refractivity contribution in [3.63, 3.8) is 0 Å². The summed E-state index contributed by atoms with van der Waals surface area (Å²) in [6.07, 6.45) is 0.149. The first-order valence-electron chi connectivity index (χ1n) is 8.52. The predicted octanol–water partition coefficient (Wildman–Crippen LogP) is 4.72. The van der Waals surface area contributed by atoms with Crippen LogP contribution in [0.4, 0.5) is 11.4 Å². The Bertz CT molecular complexity index is 916. The smallest absolute Gasteiger partial charge is 0.229 e. The number of carbonyl (C=O) groups excluding carboxylic acids is 2. The van der Waals surface area contributed by atoms with Crippen molar-refractivity contribution in [3.05, 3.63) is 51.0 Å². The number of benzene rings is 2. The molecule has 2 aromatic rings. The zero-order valence-corrected chi connectivity index (χ0v) is 17.6. The average Bonchev–Trinajstić information content (AvgIpc) is 3.04. The van der Waals surface area contributed by atoms with E-state index in [0.717, 1.165) is 21.3 Å². The Morgan fingerprint density at radius 2 is 2.00 bits per heavy atom. The van der Waals surface area contributed by atoms with Gasteiger partial charge in [-0.1, -0.05) is 27.5 Å². The summed E-state index contributed by atoms with van der Waals surface area (Å²) < 4.78 is 6.33. The largest absolute Gasteiger partial charge is 0.495 e. The molecule has 1 fully saturated rings. The third-order valence-corrected chi connectivity index (χ3v) is 6.00. The summed E-state index contributed by atoms with van der Waals surface area (Å²) >= 11 is 9.56. The van der Waals surface area contributed by atoms with Crippen LogP contribution in [0.1, 0.15) is 17.5 Å². The lowest BCUT2D eigenvalue weighted by Crippen LogP contribution is -2.28.